The van der Waals surface area contributed by atoms with Crippen molar-refractivity contribution in [3.05, 3.63) is 64.7 Å². The predicted molar refractivity (Wildman–Crippen MR) is 142 cm³/mol. The van der Waals surface area contributed by atoms with Crippen molar-refractivity contribution in [3.63, 3.8) is 0 Å². The van der Waals surface area contributed by atoms with Crippen LogP contribution in [0.2, 0.25) is 5.02 Å². The molecule has 2 amide bonds. The van der Waals surface area contributed by atoms with Crippen LogP contribution in [0.3, 0.4) is 0 Å². The van der Waals surface area contributed by atoms with Gasteiger partial charge in [-0.2, -0.15) is 0 Å². The number of nitrogens with one attached hydrogen (secondary N) is 1. The Bertz CT molecular complexity index is 1200. The van der Waals surface area contributed by atoms with Crippen molar-refractivity contribution in [2.45, 2.75) is 65.1 Å². The van der Waals surface area contributed by atoms with Gasteiger partial charge in [0.25, 0.3) is 0 Å². The van der Waals surface area contributed by atoms with Crippen molar-refractivity contribution in [1.82, 2.24) is 10.2 Å². The number of benzene rings is 2. The number of halogens is 3. The van der Waals surface area contributed by atoms with Crippen molar-refractivity contribution in [2.24, 2.45) is 0 Å². The first-order valence-corrected chi connectivity index (χ1v) is 14.4. The van der Waals surface area contributed by atoms with E-state index in [-0.39, 0.29) is 49.5 Å². The minimum absolute atomic E-state index is 0.0406. The lowest BCUT2D eigenvalue weighted by Crippen LogP contribution is -2.50. The Morgan fingerprint density at radius 1 is 1.05 bits per heavy atom. The summed E-state index contributed by atoms with van der Waals surface area (Å²) in [5.41, 5.74) is 0.632. The minimum Gasteiger partial charge on any atom is -0.352 e. The van der Waals surface area contributed by atoms with E-state index in [4.69, 9.17) is 11.6 Å². The number of carbonyl (C=O) groups excluding carboxylic acids is 2. The standard InChI is InChI=1S/C26H34ClF2N3O4S/c1-5-18(3)30-26(34)24(6-2)31(17-19-10-7-8-11-21(19)27)25(33)12-9-15-32(37(4,35)36)20-13-14-22(28)23(29)16-20/h7-8,10-11,13-14,16,18,24H,5-6,9,12,15,17H2,1-4H3,(H,30,34)/t18-,24-/m1/s1. The van der Waals surface area contributed by atoms with E-state index in [1.165, 1.54) is 4.90 Å². The smallest absolute Gasteiger partial charge is 0.243 e. The molecule has 0 saturated carbocycles. The number of anilines is 1. The molecule has 0 aliphatic heterocycles. The highest BCUT2D eigenvalue weighted by Crippen LogP contribution is 2.23. The average Bonchev–Trinajstić information content (AvgIpc) is 2.83. The first-order valence-electron chi connectivity index (χ1n) is 12.1. The first kappa shape index (κ1) is 30.5. The molecule has 1 N–H and O–H groups in total. The lowest BCUT2D eigenvalue weighted by Gasteiger charge is -2.32. The molecule has 2 aromatic carbocycles. The third kappa shape index (κ3) is 8.67. The second kappa shape index (κ2) is 13.7. The average molecular weight is 558 g/mol. The Morgan fingerprint density at radius 3 is 2.30 bits per heavy atom. The second-order valence-electron chi connectivity index (χ2n) is 8.89. The van der Waals surface area contributed by atoms with Crippen LogP contribution in [0.1, 0.15) is 52.0 Å². The summed E-state index contributed by atoms with van der Waals surface area (Å²) in [6, 6.07) is 9.02. The summed E-state index contributed by atoms with van der Waals surface area (Å²) in [6.07, 6.45) is 2.06. The molecule has 0 aliphatic rings. The van der Waals surface area contributed by atoms with Gasteiger partial charge in [0.1, 0.15) is 6.04 Å². The number of hydrogen-bond donors (Lipinski definition) is 1. The molecule has 0 saturated heterocycles. The third-order valence-electron chi connectivity index (χ3n) is 6.03. The largest absolute Gasteiger partial charge is 0.352 e. The molecule has 0 radical (unpaired) electrons. The van der Waals surface area contributed by atoms with Gasteiger partial charge in [0, 0.05) is 36.6 Å². The molecule has 0 unspecified atom stereocenters. The van der Waals surface area contributed by atoms with Gasteiger partial charge >= 0.3 is 0 Å². The molecule has 0 heterocycles. The predicted octanol–water partition coefficient (Wildman–Crippen LogP) is 4.89. The fourth-order valence-corrected chi connectivity index (χ4v) is 4.97. The fraction of sp³-hybridized carbons (Fsp3) is 0.462. The number of sulfonamides is 1. The van der Waals surface area contributed by atoms with Gasteiger partial charge in [0.15, 0.2) is 11.6 Å². The molecule has 0 spiro atoms. The molecule has 0 aromatic heterocycles. The van der Waals surface area contributed by atoms with E-state index in [2.05, 4.69) is 5.32 Å². The van der Waals surface area contributed by atoms with E-state index in [1.54, 1.807) is 24.3 Å². The van der Waals surface area contributed by atoms with E-state index in [0.717, 1.165) is 35.2 Å². The molecule has 0 bridgehead atoms. The molecule has 7 nitrogen and oxygen atoms in total. The summed E-state index contributed by atoms with van der Waals surface area (Å²) in [4.78, 5) is 27.9. The Labute approximate surface area is 222 Å². The van der Waals surface area contributed by atoms with E-state index in [0.29, 0.717) is 17.0 Å². The van der Waals surface area contributed by atoms with Gasteiger partial charge in [0.2, 0.25) is 21.8 Å². The van der Waals surface area contributed by atoms with Crippen LogP contribution in [-0.4, -0.2) is 50.0 Å². The SMILES string of the molecule is CC[C@@H](C)NC(=O)[C@@H](CC)N(Cc1ccccc1Cl)C(=O)CCCN(c1ccc(F)c(F)c1)S(C)(=O)=O. The van der Waals surface area contributed by atoms with Gasteiger partial charge in [-0.05, 0) is 49.9 Å². The summed E-state index contributed by atoms with van der Waals surface area (Å²) in [7, 11) is -3.83. The molecule has 2 atom stereocenters. The number of carbonyl (C=O) groups is 2. The zero-order valence-corrected chi connectivity index (χ0v) is 23.1. The Morgan fingerprint density at radius 2 is 1.73 bits per heavy atom. The van der Waals surface area contributed by atoms with Crippen LogP contribution in [0.5, 0.6) is 0 Å². The summed E-state index contributed by atoms with van der Waals surface area (Å²) in [6.45, 7) is 5.60. The maximum Gasteiger partial charge on any atom is 0.243 e. The van der Waals surface area contributed by atoms with Gasteiger partial charge in [-0.25, -0.2) is 17.2 Å². The highest BCUT2D eigenvalue weighted by atomic mass is 35.5. The van der Waals surface area contributed by atoms with Crippen molar-refractivity contribution in [2.75, 3.05) is 17.1 Å². The van der Waals surface area contributed by atoms with Gasteiger partial charge < -0.3 is 10.2 Å². The summed E-state index contributed by atoms with van der Waals surface area (Å²) in [5, 5.41) is 3.38. The normalized spacial score (nSPS) is 13.1. The number of amides is 2. The van der Waals surface area contributed by atoms with E-state index >= 15 is 0 Å². The molecular formula is C26H34ClF2N3O4S. The lowest BCUT2D eigenvalue weighted by molar-refractivity contribution is -0.141. The Balaban J connectivity index is 2.25. The molecule has 0 fully saturated rings. The van der Waals surface area contributed by atoms with Gasteiger partial charge in [0.05, 0.1) is 11.9 Å². The second-order valence-corrected chi connectivity index (χ2v) is 11.2. The van der Waals surface area contributed by atoms with Gasteiger partial charge in [-0.3, -0.25) is 13.9 Å². The van der Waals surface area contributed by atoms with Crippen LogP contribution in [-0.2, 0) is 26.2 Å². The molecule has 37 heavy (non-hydrogen) atoms. The van der Waals surface area contributed by atoms with Crippen LogP contribution < -0.4 is 9.62 Å². The van der Waals surface area contributed by atoms with Crippen molar-refractivity contribution < 1.29 is 26.8 Å². The topological polar surface area (TPSA) is 86.8 Å². The summed E-state index contributed by atoms with van der Waals surface area (Å²) >= 11 is 6.33. The molecule has 2 rings (SSSR count). The Hall–Kier alpha value is -2.72. The van der Waals surface area contributed by atoms with Crippen LogP contribution in [0, 0.1) is 11.6 Å². The maximum atomic E-state index is 13.7. The van der Waals surface area contributed by atoms with Gasteiger partial charge in [-0.15, -0.1) is 0 Å². The van der Waals surface area contributed by atoms with Crippen LogP contribution >= 0.6 is 11.6 Å². The van der Waals surface area contributed by atoms with E-state index in [1.807, 2.05) is 20.8 Å². The summed E-state index contributed by atoms with van der Waals surface area (Å²) < 4.78 is 52.7. The molecule has 0 aliphatic carbocycles. The van der Waals surface area contributed by atoms with Crippen molar-refractivity contribution in [1.29, 1.82) is 0 Å². The highest BCUT2D eigenvalue weighted by Gasteiger charge is 2.30. The maximum absolute atomic E-state index is 13.7. The molecular weight excluding hydrogens is 524 g/mol. The minimum atomic E-state index is -3.83. The van der Waals surface area contributed by atoms with Crippen LogP contribution in [0.15, 0.2) is 42.5 Å². The lowest BCUT2D eigenvalue weighted by atomic mass is 10.1. The molecule has 2 aromatic rings. The highest BCUT2D eigenvalue weighted by molar-refractivity contribution is 7.92. The van der Waals surface area contributed by atoms with Crippen molar-refractivity contribution in [3.8, 4) is 0 Å². The zero-order valence-electron chi connectivity index (χ0n) is 21.5. The van der Waals surface area contributed by atoms with E-state index in [9.17, 15) is 26.8 Å². The monoisotopic (exact) mass is 557 g/mol. The third-order valence-corrected chi connectivity index (χ3v) is 7.59. The number of rotatable bonds is 13. The number of hydrogen-bond acceptors (Lipinski definition) is 4. The summed E-state index contributed by atoms with van der Waals surface area (Å²) in [5.74, 6) is -2.91. The molecule has 204 valence electrons. The van der Waals surface area contributed by atoms with Crippen LogP contribution in [0.25, 0.3) is 0 Å². The van der Waals surface area contributed by atoms with E-state index < -0.39 is 27.7 Å². The fourth-order valence-electron chi connectivity index (χ4n) is 3.81. The Kier molecular flexibility index (Phi) is 11.3. The van der Waals surface area contributed by atoms with Crippen molar-refractivity contribution >= 4 is 39.1 Å². The quantitative estimate of drug-likeness (QED) is 0.380. The first-order chi connectivity index (χ1) is 17.4. The molecule has 11 heteroatoms. The van der Waals surface area contributed by atoms with Gasteiger partial charge in [-0.1, -0.05) is 43.6 Å². The zero-order chi connectivity index (χ0) is 27.8. The van der Waals surface area contributed by atoms with Crippen LogP contribution in [0.4, 0.5) is 14.5 Å². The number of nitrogens with zero attached hydrogens (tertiary/aromatic N) is 2.